The molecule has 0 bridgehead atoms. The molecule has 5 atom stereocenters. The third-order valence-electron chi connectivity index (χ3n) is 5.63. The molecule has 0 saturated carbocycles. The van der Waals surface area contributed by atoms with Gasteiger partial charge in [0, 0.05) is 13.0 Å². The fourth-order valence-electron chi connectivity index (χ4n) is 3.48. The van der Waals surface area contributed by atoms with Gasteiger partial charge in [0.25, 0.3) is 0 Å². The number of aliphatic hydroxyl groups is 1. The molecule has 1 rings (SSSR count). The van der Waals surface area contributed by atoms with Gasteiger partial charge in [-0.3, -0.25) is 24.2 Å². The minimum atomic E-state index is -1.64. The van der Waals surface area contributed by atoms with Gasteiger partial charge in [0.05, 0.1) is 12.1 Å². The summed E-state index contributed by atoms with van der Waals surface area (Å²) in [5.41, 5.74) is 17.0. The number of carboxylic acid groups (broad SMARTS) is 2. The van der Waals surface area contributed by atoms with Gasteiger partial charge in [-0.05, 0) is 50.3 Å². The maximum Gasteiger partial charge on any atom is 0.326 e. The van der Waals surface area contributed by atoms with Gasteiger partial charge in [0.15, 0.2) is 5.96 Å². The molecule has 0 aliphatic rings. The molecule has 3 amide bonds. The number of nitrogens with one attached hydrogen (secondary N) is 3. The lowest BCUT2D eigenvalue weighted by atomic mass is 10.0. The van der Waals surface area contributed by atoms with E-state index in [1.165, 1.54) is 19.1 Å². The van der Waals surface area contributed by atoms with Gasteiger partial charge in [-0.1, -0.05) is 12.1 Å². The van der Waals surface area contributed by atoms with Crippen molar-refractivity contribution in [2.45, 2.75) is 69.3 Å². The summed E-state index contributed by atoms with van der Waals surface area (Å²) in [7, 11) is 0. The molecular formula is C24H37N7O9. The molecule has 222 valence electrons. The van der Waals surface area contributed by atoms with Crippen molar-refractivity contribution in [1.29, 1.82) is 0 Å². The Labute approximate surface area is 230 Å². The van der Waals surface area contributed by atoms with Gasteiger partial charge in [0.2, 0.25) is 17.7 Å². The van der Waals surface area contributed by atoms with E-state index in [-0.39, 0.29) is 43.9 Å². The lowest BCUT2D eigenvalue weighted by Gasteiger charge is -2.26. The zero-order valence-corrected chi connectivity index (χ0v) is 21.9. The molecule has 0 aliphatic heterocycles. The van der Waals surface area contributed by atoms with E-state index < -0.39 is 66.4 Å². The van der Waals surface area contributed by atoms with Gasteiger partial charge in [-0.15, -0.1) is 0 Å². The predicted molar refractivity (Wildman–Crippen MR) is 142 cm³/mol. The number of carboxylic acids is 2. The van der Waals surface area contributed by atoms with Crippen LogP contribution in [0.5, 0.6) is 5.75 Å². The summed E-state index contributed by atoms with van der Waals surface area (Å²) < 4.78 is 0. The van der Waals surface area contributed by atoms with Gasteiger partial charge >= 0.3 is 11.9 Å². The Kier molecular flexibility index (Phi) is 13.9. The Morgan fingerprint density at radius 1 is 0.900 bits per heavy atom. The number of aromatic hydroxyl groups is 1. The van der Waals surface area contributed by atoms with Crippen LogP contribution in [0.1, 0.15) is 38.2 Å². The number of benzene rings is 1. The molecule has 0 aliphatic carbocycles. The fraction of sp³-hybridized carbons (Fsp3) is 0.500. The van der Waals surface area contributed by atoms with E-state index in [1.54, 1.807) is 12.1 Å². The van der Waals surface area contributed by atoms with Crippen molar-refractivity contribution in [2.75, 3.05) is 6.54 Å². The molecule has 0 aromatic heterocycles. The molecule has 16 nitrogen and oxygen atoms in total. The maximum atomic E-state index is 13.0. The molecule has 0 radical (unpaired) electrons. The predicted octanol–water partition coefficient (Wildman–Crippen LogP) is -2.90. The van der Waals surface area contributed by atoms with Crippen LogP contribution in [-0.2, 0) is 30.4 Å². The van der Waals surface area contributed by atoms with Crippen LogP contribution < -0.4 is 33.2 Å². The van der Waals surface area contributed by atoms with E-state index in [1.807, 2.05) is 0 Å². The molecule has 40 heavy (non-hydrogen) atoms. The van der Waals surface area contributed by atoms with Gasteiger partial charge < -0.3 is 53.6 Å². The Balaban J connectivity index is 2.94. The molecular weight excluding hydrogens is 530 g/mol. The number of hydrogen-bond donors (Lipinski definition) is 10. The number of nitrogens with zero attached hydrogens (tertiary/aromatic N) is 1. The quantitative estimate of drug-likeness (QED) is 0.0515. The van der Waals surface area contributed by atoms with Crippen LogP contribution in [0.25, 0.3) is 0 Å². The molecule has 0 fully saturated rings. The number of aliphatic carboxylic acids is 2. The number of aliphatic imine (C=N–C) groups is 1. The van der Waals surface area contributed by atoms with Crippen LogP contribution in [0, 0.1) is 0 Å². The first-order chi connectivity index (χ1) is 18.7. The first-order valence-corrected chi connectivity index (χ1v) is 12.3. The number of phenols is 1. The highest BCUT2D eigenvalue weighted by molar-refractivity contribution is 5.94. The highest BCUT2D eigenvalue weighted by atomic mass is 16.4. The lowest BCUT2D eigenvalue weighted by Crippen LogP contribution is -2.60. The summed E-state index contributed by atoms with van der Waals surface area (Å²) in [4.78, 5) is 64.9. The van der Waals surface area contributed by atoms with E-state index in [9.17, 15) is 39.3 Å². The number of carbonyl (C=O) groups excluding carboxylic acids is 3. The Bertz CT molecular complexity index is 1060. The largest absolute Gasteiger partial charge is 0.508 e. The Hall–Kier alpha value is -4.44. The van der Waals surface area contributed by atoms with Crippen LogP contribution in [0.4, 0.5) is 0 Å². The average molecular weight is 568 g/mol. The zero-order valence-electron chi connectivity index (χ0n) is 21.9. The standard InChI is InChI=1S/C24H37N7O9/c1-12(32)19(22(38)30-17(23(39)40)3-2-10-28-24(26)27)31-21(37)16(8-9-18(34)35)29-20(36)15(25)11-13-4-6-14(33)7-5-13/h4-7,12,15-17,19,32-33H,2-3,8-11,25H2,1H3,(H,29,36)(H,30,38)(H,31,37)(H,34,35)(H,39,40)(H4,26,27,28). The summed E-state index contributed by atoms with van der Waals surface area (Å²) in [6.07, 6.45) is -2.20. The van der Waals surface area contributed by atoms with Crippen LogP contribution in [0.2, 0.25) is 0 Å². The monoisotopic (exact) mass is 567 g/mol. The van der Waals surface area contributed by atoms with E-state index in [2.05, 4.69) is 20.9 Å². The topological polar surface area (TPSA) is 293 Å². The van der Waals surface area contributed by atoms with Crippen LogP contribution in [-0.4, -0.2) is 92.9 Å². The Morgan fingerprint density at radius 3 is 2.02 bits per heavy atom. The molecule has 0 spiro atoms. The van der Waals surface area contributed by atoms with E-state index >= 15 is 0 Å². The molecule has 1 aromatic rings. The number of nitrogens with two attached hydrogens (primary N) is 3. The average Bonchev–Trinajstić information content (AvgIpc) is 2.86. The number of aliphatic hydroxyl groups excluding tert-OH is 1. The molecule has 5 unspecified atom stereocenters. The number of hydrogen-bond acceptors (Lipinski definition) is 9. The van der Waals surface area contributed by atoms with Crippen molar-refractivity contribution >= 4 is 35.6 Å². The third kappa shape index (κ3) is 12.4. The minimum Gasteiger partial charge on any atom is -0.508 e. The number of amides is 3. The van der Waals surface area contributed by atoms with E-state index in [0.29, 0.717) is 5.56 Å². The second kappa shape index (κ2) is 16.5. The van der Waals surface area contributed by atoms with Crippen LogP contribution >= 0.6 is 0 Å². The first-order valence-electron chi connectivity index (χ1n) is 12.3. The number of guanidine groups is 1. The highest BCUT2D eigenvalue weighted by Crippen LogP contribution is 2.11. The van der Waals surface area contributed by atoms with Gasteiger partial charge in [0.1, 0.15) is 23.9 Å². The van der Waals surface area contributed by atoms with E-state index in [4.69, 9.17) is 22.3 Å². The molecule has 0 heterocycles. The highest BCUT2D eigenvalue weighted by Gasteiger charge is 2.33. The molecule has 13 N–H and O–H groups in total. The summed E-state index contributed by atoms with van der Waals surface area (Å²) in [5.74, 6) is -5.60. The fourth-order valence-corrected chi connectivity index (χ4v) is 3.48. The maximum absolute atomic E-state index is 13.0. The smallest absolute Gasteiger partial charge is 0.326 e. The molecule has 0 saturated heterocycles. The normalized spacial score (nSPS) is 14.5. The van der Waals surface area contributed by atoms with Crippen molar-refractivity contribution in [2.24, 2.45) is 22.2 Å². The van der Waals surface area contributed by atoms with Crippen LogP contribution in [0.3, 0.4) is 0 Å². The lowest BCUT2D eigenvalue weighted by molar-refractivity contribution is -0.143. The number of rotatable bonds is 17. The van der Waals surface area contributed by atoms with Gasteiger partial charge in [-0.2, -0.15) is 0 Å². The van der Waals surface area contributed by atoms with Crippen molar-refractivity contribution < 1.29 is 44.4 Å². The molecule has 16 heteroatoms. The van der Waals surface area contributed by atoms with Crippen molar-refractivity contribution in [3.05, 3.63) is 29.8 Å². The third-order valence-corrected chi connectivity index (χ3v) is 5.63. The van der Waals surface area contributed by atoms with Gasteiger partial charge in [-0.25, -0.2) is 4.79 Å². The molecule has 1 aromatic carbocycles. The first kappa shape index (κ1) is 33.6. The zero-order chi connectivity index (χ0) is 30.4. The summed E-state index contributed by atoms with van der Waals surface area (Å²) in [6.45, 7) is 1.29. The minimum absolute atomic E-state index is 0.0181. The second-order valence-corrected chi connectivity index (χ2v) is 9.05. The van der Waals surface area contributed by atoms with Crippen LogP contribution in [0.15, 0.2) is 29.3 Å². The van der Waals surface area contributed by atoms with Crippen molar-refractivity contribution in [3.8, 4) is 5.75 Å². The summed E-state index contributed by atoms with van der Waals surface area (Å²) in [5, 5.41) is 44.8. The van der Waals surface area contributed by atoms with Crippen molar-refractivity contribution in [1.82, 2.24) is 16.0 Å². The Morgan fingerprint density at radius 2 is 1.50 bits per heavy atom. The SMILES string of the molecule is CC(O)C(NC(=O)C(CCC(=O)O)NC(=O)C(N)Cc1ccc(O)cc1)C(=O)NC(CCCN=C(N)N)C(=O)O. The summed E-state index contributed by atoms with van der Waals surface area (Å²) >= 11 is 0. The number of phenolic OH excluding ortho intramolecular Hbond substituents is 1. The van der Waals surface area contributed by atoms with E-state index in [0.717, 1.165) is 0 Å². The van der Waals surface area contributed by atoms with Crippen molar-refractivity contribution in [3.63, 3.8) is 0 Å². The number of carbonyl (C=O) groups is 5. The second-order valence-electron chi connectivity index (χ2n) is 9.05. The summed E-state index contributed by atoms with van der Waals surface area (Å²) in [6, 6.07) is 0.297.